The van der Waals surface area contributed by atoms with E-state index in [0.717, 1.165) is 12.8 Å². The summed E-state index contributed by atoms with van der Waals surface area (Å²) in [6, 6.07) is 0.576. The van der Waals surface area contributed by atoms with Crippen LogP contribution in [0.5, 0.6) is 0 Å². The predicted octanol–water partition coefficient (Wildman–Crippen LogP) is 1.46. The van der Waals surface area contributed by atoms with E-state index in [4.69, 9.17) is 18.9 Å². The Morgan fingerprint density at radius 3 is 2.20 bits per heavy atom. The molecule has 1 aliphatic carbocycles. The monoisotopic (exact) mass is 289 g/mol. The highest BCUT2D eigenvalue weighted by molar-refractivity contribution is 5.04. The number of rotatable bonds is 12. The standard InChI is InChI=1S/C15H31NO4/c1-5-15(2)13(16-3)12-14(15)20-11-10-19-9-8-18-7-6-17-4/h13-14,16H,5-12H2,1-4H3. The minimum absolute atomic E-state index is 0.262. The molecule has 1 fully saturated rings. The van der Waals surface area contributed by atoms with Gasteiger partial charge in [0.25, 0.3) is 0 Å². The highest BCUT2D eigenvalue weighted by atomic mass is 16.6. The molecule has 0 saturated heterocycles. The Labute approximate surface area is 123 Å². The van der Waals surface area contributed by atoms with E-state index >= 15 is 0 Å². The molecule has 1 aliphatic rings. The molecule has 0 aromatic carbocycles. The van der Waals surface area contributed by atoms with Crippen LogP contribution in [0.4, 0.5) is 0 Å². The molecule has 5 nitrogen and oxygen atoms in total. The maximum Gasteiger partial charge on any atom is 0.0704 e. The van der Waals surface area contributed by atoms with Crippen molar-refractivity contribution in [2.75, 3.05) is 53.8 Å². The molecule has 0 aromatic heterocycles. The van der Waals surface area contributed by atoms with E-state index < -0.39 is 0 Å². The average Bonchev–Trinajstić information content (AvgIpc) is 2.46. The maximum atomic E-state index is 5.94. The first-order valence-electron chi connectivity index (χ1n) is 7.62. The van der Waals surface area contributed by atoms with Crippen molar-refractivity contribution in [2.45, 2.75) is 38.8 Å². The van der Waals surface area contributed by atoms with Gasteiger partial charge in [0.1, 0.15) is 0 Å². The molecule has 0 aromatic rings. The Kier molecular flexibility index (Phi) is 8.64. The molecule has 20 heavy (non-hydrogen) atoms. The largest absolute Gasteiger partial charge is 0.382 e. The third kappa shape index (κ3) is 4.97. The number of ether oxygens (including phenoxy) is 4. The van der Waals surface area contributed by atoms with Crippen LogP contribution >= 0.6 is 0 Å². The SMILES string of the molecule is CCC1(C)C(NC)CC1OCCOCCOCCOC. The number of hydrogen-bond acceptors (Lipinski definition) is 5. The summed E-state index contributed by atoms with van der Waals surface area (Å²) in [7, 11) is 3.70. The molecule has 120 valence electrons. The number of hydrogen-bond donors (Lipinski definition) is 1. The molecule has 0 bridgehead atoms. The summed E-state index contributed by atoms with van der Waals surface area (Å²) < 4.78 is 21.6. The first-order valence-corrected chi connectivity index (χ1v) is 7.62. The minimum atomic E-state index is 0.262. The second kappa shape index (κ2) is 9.68. The molecular weight excluding hydrogens is 258 g/mol. The lowest BCUT2D eigenvalue weighted by molar-refractivity contribution is -0.136. The Hall–Kier alpha value is -0.200. The van der Waals surface area contributed by atoms with Gasteiger partial charge >= 0.3 is 0 Å². The summed E-state index contributed by atoms with van der Waals surface area (Å²) in [5.41, 5.74) is 0.262. The molecule has 3 atom stereocenters. The van der Waals surface area contributed by atoms with E-state index in [0.29, 0.717) is 51.8 Å². The van der Waals surface area contributed by atoms with Crippen LogP contribution < -0.4 is 5.32 Å². The van der Waals surface area contributed by atoms with Crippen LogP contribution in [-0.4, -0.2) is 65.9 Å². The van der Waals surface area contributed by atoms with E-state index in [-0.39, 0.29) is 5.41 Å². The summed E-state index contributed by atoms with van der Waals surface area (Å²) in [6.07, 6.45) is 2.59. The predicted molar refractivity (Wildman–Crippen MR) is 79.1 cm³/mol. The lowest BCUT2D eigenvalue weighted by Gasteiger charge is -2.53. The molecule has 3 unspecified atom stereocenters. The van der Waals surface area contributed by atoms with Gasteiger partial charge in [-0.1, -0.05) is 13.8 Å². The van der Waals surface area contributed by atoms with Gasteiger partial charge in [-0.05, 0) is 19.9 Å². The highest BCUT2D eigenvalue weighted by Gasteiger charge is 2.50. The third-order valence-corrected chi connectivity index (χ3v) is 4.44. The van der Waals surface area contributed by atoms with Gasteiger partial charge in [-0.15, -0.1) is 0 Å². The molecular formula is C15H31NO4. The molecule has 1 N–H and O–H groups in total. The van der Waals surface area contributed by atoms with Gasteiger partial charge < -0.3 is 24.3 Å². The van der Waals surface area contributed by atoms with E-state index in [1.54, 1.807) is 7.11 Å². The van der Waals surface area contributed by atoms with Crippen LogP contribution in [-0.2, 0) is 18.9 Å². The molecule has 5 heteroatoms. The first kappa shape index (κ1) is 17.9. The fourth-order valence-corrected chi connectivity index (χ4v) is 2.71. The molecule has 0 heterocycles. The number of nitrogens with one attached hydrogen (secondary N) is 1. The zero-order valence-corrected chi connectivity index (χ0v) is 13.4. The maximum absolute atomic E-state index is 5.94. The fourth-order valence-electron chi connectivity index (χ4n) is 2.71. The van der Waals surface area contributed by atoms with E-state index in [2.05, 4.69) is 19.2 Å². The Morgan fingerprint density at radius 2 is 1.65 bits per heavy atom. The van der Waals surface area contributed by atoms with Crippen LogP contribution in [0.25, 0.3) is 0 Å². The molecule has 0 aliphatic heterocycles. The lowest BCUT2D eigenvalue weighted by Crippen LogP contribution is -2.61. The van der Waals surface area contributed by atoms with Crippen molar-refractivity contribution in [2.24, 2.45) is 5.41 Å². The van der Waals surface area contributed by atoms with E-state index in [1.807, 2.05) is 7.05 Å². The number of methoxy groups -OCH3 is 1. The van der Waals surface area contributed by atoms with Crippen molar-refractivity contribution in [3.63, 3.8) is 0 Å². The van der Waals surface area contributed by atoms with Crippen LogP contribution in [0.1, 0.15) is 26.7 Å². The highest BCUT2D eigenvalue weighted by Crippen LogP contribution is 2.45. The Morgan fingerprint density at radius 1 is 1.05 bits per heavy atom. The van der Waals surface area contributed by atoms with Gasteiger partial charge in [0.15, 0.2) is 0 Å². The lowest BCUT2D eigenvalue weighted by atomic mass is 9.61. The Balaban J connectivity index is 1.97. The second-order valence-corrected chi connectivity index (χ2v) is 5.51. The van der Waals surface area contributed by atoms with Crippen LogP contribution in [0, 0.1) is 5.41 Å². The van der Waals surface area contributed by atoms with Crippen molar-refractivity contribution in [3.05, 3.63) is 0 Å². The van der Waals surface area contributed by atoms with Crippen LogP contribution in [0.2, 0.25) is 0 Å². The average molecular weight is 289 g/mol. The quantitative estimate of drug-likeness (QED) is 0.551. The van der Waals surface area contributed by atoms with Crippen molar-refractivity contribution in [1.29, 1.82) is 0 Å². The topological polar surface area (TPSA) is 49.0 Å². The molecule has 0 radical (unpaired) electrons. The van der Waals surface area contributed by atoms with Gasteiger partial charge in [0.05, 0.1) is 45.7 Å². The summed E-state index contributed by atoms with van der Waals surface area (Å²) in [4.78, 5) is 0. The van der Waals surface area contributed by atoms with Crippen molar-refractivity contribution < 1.29 is 18.9 Å². The van der Waals surface area contributed by atoms with Crippen molar-refractivity contribution in [3.8, 4) is 0 Å². The second-order valence-electron chi connectivity index (χ2n) is 5.51. The van der Waals surface area contributed by atoms with Gasteiger partial charge in [-0.3, -0.25) is 0 Å². The van der Waals surface area contributed by atoms with E-state index in [9.17, 15) is 0 Å². The van der Waals surface area contributed by atoms with Crippen molar-refractivity contribution >= 4 is 0 Å². The molecule has 1 saturated carbocycles. The van der Waals surface area contributed by atoms with Gasteiger partial charge in [0.2, 0.25) is 0 Å². The zero-order chi connectivity index (χ0) is 14.8. The van der Waals surface area contributed by atoms with Gasteiger partial charge in [0, 0.05) is 18.6 Å². The summed E-state index contributed by atoms with van der Waals surface area (Å²) in [5.74, 6) is 0. The summed E-state index contributed by atoms with van der Waals surface area (Å²) in [5, 5.41) is 3.37. The van der Waals surface area contributed by atoms with Gasteiger partial charge in [-0.2, -0.15) is 0 Å². The normalized spacial score (nSPS) is 29.4. The summed E-state index contributed by atoms with van der Waals surface area (Å²) >= 11 is 0. The van der Waals surface area contributed by atoms with E-state index in [1.165, 1.54) is 0 Å². The molecule has 1 rings (SSSR count). The van der Waals surface area contributed by atoms with Crippen LogP contribution in [0.15, 0.2) is 0 Å². The Bertz CT molecular complexity index is 252. The van der Waals surface area contributed by atoms with Gasteiger partial charge in [-0.25, -0.2) is 0 Å². The molecule has 0 spiro atoms. The first-order chi connectivity index (χ1) is 9.69. The van der Waals surface area contributed by atoms with Crippen LogP contribution in [0.3, 0.4) is 0 Å². The fraction of sp³-hybridized carbons (Fsp3) is 1.00. The third-order valence-electron chi connectivity index (χ3n) is 4.44. The zero-order valence-electron chi connectivity index (χ0n) is 13.4. The minimum Gasteiger partial charge on any atom is -0.382 e. The summed E-state index contributed by atoms with van der Waals surface area (Å²) in [6.45, 7) is 8.30. The van der Waals surface area contributed by atoms with Crippen molar-refractivity contribution in [1.82, 2.24) is 5.32 Å². The smallest absolute Gasteiger partial charge is 0.0704 e. The molecule has 0 amide bonds.